The first-order valence-electron chi connectivity index (χ1n) is 13.8. The third kappa shape index (κ3) is 4.98. The van der Waals surface area contributed by atoms with Crippen LogP contribution in [0.2, 0.25) is 0 Å². The first-order valence-corrected chi connectivity index (χ1v) is 14.6. The number of hydrogen-bond acceptors (Lipinski definition) is 7. The zero-order chi connectivity index (χ0) is 30.3. The molecule has 0 fully saturated rings. The number of ether oxygens (including phenoxy) is 3. The fraction of sp³-hybridized carbons (Fsp3) is 0.303. The number of aromatic nitrogens is 2. The normalized spacial score (nSPS) is 15.0. The molecule has 0 spiro atoms. The first-order chi connectivity index (χ1) is 20.1. The van der Waals surface area contributed by atoms with E-state index in [0.717, 1.165) is 22.6 Å². The number of aryl methyl sites for hydroxylation is 3. The van der Waals surface area contributed by atoms with Crippen LogP contribution in [0.1, 0.15) is 53.5 Å². The van der Waals surface area contributed by atoms with E-state index in [2.05, 4.69) is 56.5 Å². The summed E-state index contributed by atoms with van der Waals surface area (Å²) < 4.78 is 20.8. The van der Waals surface area contributed by atoms with Crippen molar-refractivity contribution in [2.45, 2.75) is 47.6 Å². The van der Waals surface area contributed by atoms with Gasteiger partial charge in [-0.25, -0.2) is 9.79 Å². The predicted molar refractivity (Wildman–Crippen MR) is 165 cm³/mol. The van der Waals surface area contributed by atoms with Gasteiger partial charge in [-0.3, -0.25) is 9.36 Å². The molecule has 2 aromatic heterocycles. The summed E-state index contributed by atoms with van der Waals surface area (Å²) >= 11 is 1.30. The SMILES string of the molecule is CCOC(=O)C1=C(C)N=c2s/c(=C/c3cc(C)n(-c4ccc(C)c(C)c4)c3C)c(=O)n2[C@H]1c1ccc(OC)cc1OC. The van der Waals surface area contributed by atoms with Gasteiger partial charge < -0.3 is 18.8 Å². The number of esters is 1. The molecule has 0 radical (unpaired) electrons. The molecule has 0 N–H and O–H groups in total. The number of carbonyl (C=O) groups excluding carboxylic acids is 1. The standard InChI is InChI=1S/C33H35N3O5S/c1-9-41-32(38)29-21(5)34-33-36(30(29)26-13-12-25(39-7)17-27(26)40-8)31(37)28(42-33)16-23-15-20(4)35(22(23)6)24-11-10-18(2)19(3)14-24/h10-17,30H,9H2,1-8H3/b28-16+/t30-/m0/s1. The maximum atomic E-state index is 14.1. The molecule has 218 valence electrons. The lowest BCUT2D eigenvalue weighted by Gasteiger charge is -2.26. The van der Waals surface area contributed by atoms with Gasteiger partial charge in [-0.2, -0.15) is 0 Å². The summed E-state index contributed by atoms with van der Waals surface area (Å²) in [5.41, 5.74) is 7.76. The molecular weight excluding hydrogens is 550 g/mol. The van der Waals surface area contributed by atoms with Crippen molar-refractivity contribution in [3.8, 4) is 17.2 Å². The lowest BCUT2D eigenvalue weighted by molar-refractivity contribution is -0.139. The maximum absolute atomic E-state index is 14.1. The van der Waals surface area contributed by atoms with Crippen LogP contribution in [0.3, 0.4) is 0 Å². The number of rotatable bonds is 7. The lowest BCUT2D eigenvalue weighted by Crippen LogP contribution is -2.40. The molecule has 2 aromatic carbocycles. The average molecular weight is 586 g/mol. The third-order valence-corrected chi connectivity index (χ3v) is 8.74. The quantitative estimate of drug-likeness (QED) is 0.290. The summed E-state index contributed by atoms with van der Waals surface area (Å²) in [7, 11) is 3.12. The zero-order valence-corrected chi connectivity index (χ0v) is 26.0. The number of fused-ring (bicyclic) bond motifs is 1. The molecule has 3 heterocycles. The molecular formula is C33H35N3O5S. The minimum Gasteiger partial charge on any atom is -0.497 e. The molecule has 9 heteroatoms. The van der Waals surface area contributed by atoms with Crippen molar-refractivity contribution in [3.63, 3.8) is 0 Å². The monoisotopic (exact) mass is 585 g/mol. The lowest BCUT2D eigenvalue weighted by atomic mass is 9.95. The van der Waals surface area contributed by atoms with Gasteiger partial charge >= 0.3 is 5.97 Å². The topological polar surface area (TPSA) is 84.1 Å². The van der Waals surface area contributed by atoms with Gasteiger partial charge in [0.05, 0.1) is 36.6 Å². The average Bonchev–Trinajstić information content (AvgIpc) is 3.42. The summed E-state index contributed by atoms with van der Waals surface area (Å²) in [5, 5.41) is 0. The van der Waals surface area contributed by atoms with Crippen molar-refractivity contribution >= 4 is 23.4 Å². The second-order valence-corrected chi connectivity index (χ2v) is 11.3. The number of nitrogens with zero attached hydrogens (tertiary/aromatic N) is 3. The summed E-state index contributed by atoms with van der Waals surface area (Å²) in [6, 6.07) is 13.1. The highest BCUT2D eigenvalue weighted by molar-refractivity contribution is 7.07. The predicted octanol–water partition coefficient (Wildman–Crippen LogP) is 4.84. The summed E-state index contributed by atoms with van der Waals surface area (Å²) in [4.78, 5) is 32.6. The molecule has 42 heavy (non-hydrogen) atoms. The number of methoxy groups -OCH3 is 2. The molecule has 0 bridgehead atoms. The van der Waals surface area contributed by atoms with Crippen LogP contribution in [0.15, 0.2) is 63.5 Å². The van der Waals surface area contributed by atoms with Crippen molar-refractivity contribution < 1.29 is 19.0 Å². The molecule has 0 amide bonds. The highest BCUT2D eigenvalue weighted by Crippen LogP contribution is 2.37. The van der Waals surface area contributed by atoms with Crippen LogP contribution in [0.25, 0.3) is 11.8 Å². The Kier molecular flexibility index (Phi) is 7.97. The van der Waals surface area contributed by atoms with Crippen LogP contribution >= 0.6 is 11.3 Å². The molecule has 4 aromatic rings. The zero-order valence-electron chi connectivity index (χ0n) is 25.2. The molecule has 1 aliphatic heterocycles. The van der Waals surface area contributed by atoms with E-state index in [9.17, 15) is 9.59 Å². The van der Waals surface area contributed by atoms with Gasteiger partial charge in [-0.15, -0.1) is 0 Å². The van der Waals surface area contributed by atoms with Crippen LogP contribution in [-0.2, 0) is 9.53 Å². The van der Waals surface area contributed by atoms with E-state index in [1.165, 1.54) is 22.5 Å². The van der Waals surface area contributed by atoms with E-state index in [0.29, 0.717) is 37.7 Å². The molecule has 0 unspecified atom stereocenters. The van der Waals surface area contributed by atoms with Gasteiger partial charge in [0, 0.05) is 28.7 Å². The Labute approximate surface area is 248 Å². The van der Waals surface area contributed by atoms with Crippen molar-refractivity contribution in [2.75, 3.05) is 20.8 Å². The van der Waals surface area contributed by atoms with Crippen molar-refractivity contribution in [1.29, 1.82) is 0 Å². The number of hydrogen-bond donors (Lipinski definition) is 0. The fourth-order valence-corrected chi connectivity index (χ4v) is 6.50. The first kappa shape index (κ1) is 29.1. The van der Waals surface area contributed by atoms with Gasteiger partial charge in [0.2, 0.25) is 0 Å². The fourth-order valence-electron chi connectivity index (χ4n) is 5.47. The summed E-state index contributed by atoms with van der Waals surface area (Å²) in [6.07, 6.45) is 1.91. The van der Waals surface area contributed by atoms with Crippen LogP contribution < -0.4 is 24.4 Å². The molecule has 5 rings (SSSR count). The minimum atomic E-state index is -0.786. The van der Waals surface area contributed by atoms with E-state index in [-0.39, 0.29) is 12.2 Å². The maximum Gasteiger partial charge on any atom is 0.338 e. The minimum absolute atomic E-state index is 0.197. The highest BCUT2D eigenvalue weighted by Gasteiger charge is 2.35. The van der Waals surface area contributed by atoms with Crippen molar-refractivity contribution in [1.82, 2.24) is 9.13 Å². The molecule has 8 nitrogen and oxygen atoms in total. The third-order valence-electron chi connectivity index (χ3n) is 7.76. The molecule has 1 aliphatic rings. The van der Waals surface area contributed by atoms with Crippen LogP contribution in [0.5, 0.6) is 11.5 Å². The number of thiazole rings is 1. The van der Waals surface area contributed by atoms with Gasteiger partial charge in [0.25, 0.3) is 5.56 Å². The second kappa shape index (κ2) is 11.5. The largest absolute Gasteiger partial charge is 0.497 e. The van der Waals surface area contributed by atoms with E-state index in [1.54, 1.807) is 44.8 Å². The Bertz CT molecular complexity index is 1930. The molecule has 1 atom stereocenters. The Balaban J connectivity index is 1.72. The molecule has 0 aliphatic carbocycles. The Morgan fingerprint density at radius 2 is 1.76 bits per heavy atom. The van der Waals surface area contributed by atoms with Crippen molar-refractivity contribution in [3.05, 3.63) is 107 Å². The van der Waals surface area contributed by atoms with Crippen LogP contribution in [0.4, 0.5) is 0 Å². The summed E-state index contributed by atoms with van der Waals surface area (Å²) in [6.45, 7) is 12.0. The van der Waals surface area contributed by atoms with Crippen LogP contribution in [-0.4, -0.2) is 35.9 Å². The second-order valence-electron chi connectivity index (χ2n) is 10.3. The van der Waals surface area contributed by atoms with Gasteiger partial charge in [0.1, 0.15) is 17.5 Å². The Morgan fingerprint density at radius 3 is 2.43 bits per heavy atom. The highest BCUT2D eigenvalue weighted by atomic mass is 32.1. The summed E-state index contributed by atoms with van der Waals surface area (Å²) in [5.74, 6) is 0.565. The number of carbonyl (C=O) groups is 1. The number of benzene rings is 2. The Hall–Kier alpha value is -4.37. The van der Waals surface area contributed by atoms with E-state index in [4.69, 9.17) is 19.2 Å². The van der Waals surface area contributed by atoms with Gasteiger partial charge in [-0.1, -0.05) is 17.4 Å². The van der Waals surface area contributed by atoms with E-state index < -0.39 is 12.0 Å². The van der Waals surface area contributed by atoms with E-state index in [1.807, 2.05) is 12.1 Å². The van der Waals surface area contributed by atoms with Gasteiger partial charge in [0.15, 0.2) is 4.80 Å². The Morgan fingerprint density at radius 1 is 1.00 bits per heavy atom. The smallest absolute Gasteiger partial charge is 0.338 e. The molecule has 0 saturated heterocycles. The molecule has 0 saturated carbocycles. The van der Waals surface area contributed by atoms with Gasteiger partial charge in [-0.05, 0) is 94.6 Å². The van der Waals surface area contributed by atoms with Crippen molar-refractivity contribution in [2.24, 2.45) is 4.99 Å². The van der Waals surface area contributed by atoms with E-state index >= 15 is 0 Å². The number of allylic oxidation sites excluding steroid dienone is 1. The van der Waals surface area contributed by atoms with Crippen LogP contribution in [0, 0.1) is 27.7 Å².